The summed E-state index contributed by atoms with van der Waals surface area (Å²) in [6.45, 7) is 1.92. The molecule has 0 saturated heterocycles. The maximum atomic E-state index is 13.0. The van der Waals surface area contributed by atoms with Crippen LogP contribution in [0, 0.1) is 5.82 Å². The fourth-order valence-corrected chi connectivity index (χ4v) is 2.85. The third-order valence-corrected chi connectivity index (χ3v) is 4.60. The van der Waals surface area contributed by atoms with Crippen LogP contribution in [0.3, 0.4) is 0 Å². The van der Waals surface area contributed by atoms with E-state index < -0.39 is 10.0 Å². The SMILES string of the molecule is CC(Nc1ccc(F)cc1Br)c1ccc(S(N)(=O)=O)cc1. The van der Waals surface area contributed by atoms with Gasteiger partial charge in [-0.1, -0.05) is 12.1 Å². The number of anilines is 1. The first kappa shape index (κ1) is 15.9. The van der Waals surface area contributed by atoms with Crippen LogP contribution >= 0.6 is 15.9 Å². The number of halogens is 2. The summed E-state index contributed by atoms with van der Waals surface area (Å²) in [7, 11) is -3.69. The largest absolute Gasteiger partial charge is 0.378 e. The smallest absolute Gasteiger partial charge is 0.238 e. The van der Waals surface area contributed by atoms with Crippen LogP contribution in [0.25, 0.3) is 0 Å². The van der Waals surface area contributed by atoms with Gasteiger partial charge in [-0.15, -0.1) is 0 Å². The highest BCUT2D eigenvalue weighted by molar-refractivity contribution is 9.10. The van der Waals surface area contributed by atoms with E-state index in [4.69, 9.17) is 5.14 Å². The maximum absolute atomic E-state index is 13.0. The van der Waals surface area contributed by atoms with Crippen LogP contribution in [0.1, 0.15) is 18.5 Å². The number of hydrogen-bond acceptors (Lipinski definition) is 3. The molecule has 112 valence electrons. The Morgan fingerprint density at radius 3 is 2.33 bits per heavy atom. The summed E-state index contributed by atoms with van der Waals surface area (Å²) in [4.78, 5) is 0.0708. The van der Waals surface area contributed by atoms with E-state index in [9.17, 15) is 12.8 Å². The molecular weight excluding hydrogens is 359 g/mol. The third kappa shape index (κ3) is 4.03. The lowest BCUT2D eigenvalue weighted by atomic mass is 10.1. The molecule has 0 aromatic heterocycles. The highest BCUT2D eigenvalue weighted by Gasteiger charge is 2.11. The lowest BCUT2D eigenvalue weighted by molar-refractivity contribution is 0.597. The number of benzene rings is 2. The van der Waals surface area contributed by atoms with Crippen molar-refractivity contribution in [2.45, 2.75) is 17.9 Å². The van der Waals surface area contributed by atoms with Gasteiger partial charge in [-0.3, -0.25) is 0 Å². The van der Waals surface area contributed by atoms with Gasteiger partial charge in [-0.2, -0.15) is 0 Å². The predicted molar refractivity (Wildman–Crippen MR) is 84.0 cm³/mol. The van der Waals surface area contributed by atoms with Crippen molar-refractivity contribution in [3.05, 3.63) is 58.3 Å². The van der Waals surface area contributed by atoms with E-state index >= 15 is 0 Å². The molecule has 2 rings (SSSR count). The van der Waals surface area contributed by atoms with Crippen molar-refractivity contribution in [2.75, 3.05) is 5.32 Å². The van der Waals surface area contributed by atoms with Crippen LogP contribution in [0.2, 0.25) is 0 Å². The Kier molecular flexibility index (Phi) is 4.65. The lowest BCUT2D eigenvalue weighted by Crippen LogP contribution is -2.12. The summed E-state index contributed by atoms with van der Waals surface area (Å²) >= 11 is 3.29. The van der Waals surface area contributed by atoms with E-state index in [1.54, 1.807) is 18.2 Å². The summed E-state index contributed by atoms with van der Waals surface area (Å²) in [5, 5.41) is 8.27. The van der Waals surface area contributed by atoms with Gasteiger partial charge in [0.2, 0.25) is 10.0 Å². The summed E-state index contributed by atoms with van der Waals surface area (Å²) in [5.41, 5.74) is 1.64. The topological polar surface area (TPSA) is 72.2 Å². The number of hydrogen-bond donors (Lipinski definition) is 2. The molecule has 0 saturated carbocycles. The Bertz CT molecular complexity index is 748. The van der Waals surface area contributed by atoms with E-state index in [1.165, 1.54) is 24.3 Å². The second-order valence-corrected chi connectivity index (χ2v) is 7.02. The summed E-state index contributed by atoms with van der Waals surface area (Å²) in [6.07, 6.45) is 0. The molecule has 0 amide bonds. The summed E-state index contributed by atoms with van der Waals surface area (Å²) in [5.74, 6) is -0.322. The van der Waals surface area contributed by atoms with Crippen molar-refractivity contribution in [3.8, 4) is 0 Å². The molecule has 3 N–H and O–H groups in total. The standard InChI is InChI=1S/C14H14BrFN2O2S/c1-9(18-14-7-4-11(16)8-13(14)15)10-2-5-12(6-3-10)21(17,19)20/h2-9,18H,1H3,(H2,17,19,20). The van der Waals surface area contributed by atoms with Gasteiger partial charge in [0.1, 0.15) is 5.82 Å². The van der Waals surface area contributed by atoms with Gasteiger partial charge in [0, 0.05) is 16.2 Å². The van der Waals surface area contributed by atoms with Gasteiger partial charge in [0.15, 0.2) is 0 Å². The Hall–Kier alpha value is -1.44. The van der Waals surface area contributed by atoms with Crippen molar-refractivity contribution < 1.29 is 12.8 Å². The van der Waals surface area contributed by atoms with Crippen molar-refractivity contribution in [3.63, 3.8) is 0 Å². The van der Waals surface area contributed by atoms with E-state index in [0.717, 1.165) is 11.3 Å². The molecule has 0 aliphatic heterocycles. The molecule has 0 fully saturated rings. The highest BCUT2D eigenvalue weighted by atomic mass is 79.9. The van der Waals surface area contributed by atoms with Gasteiger partial charge in [-0.05, 0) is 58.7 Å². The minimum Gasteiger partial charge on any atom is -0.378 e. The molecule has 0 aliphatic carbocycles. The van der Waals surface area contributed by atoms with E-state index in [1.807, 2.05) is 6.92 Å². The van der Waals surface area contributed by atoms with Gasteiger partial charge >= 0.3 is 0 Å². The molecule has 0 radical (unpaired) electrons. The fraction of sp³-hybridized carbons (Fsp3) is 0.143. The average molecular weight is 373 g/mol. The number of nitrogens with two attached hydrogens (primary N) is 1. The van der Waals surface area contributed by atoms with Gasteiger partial charge in [0.25, 0.3) is 0 Å². The van der Waals surface area contributed by atoms with E-state index in [2.05, 4.69) is 21.2 Å². The van der Waals surface area contributed by atoms with Crippen LogP contribution in [-0.4, -0.2) is 8.42 Å². The molecule has 1 atom stereocenters. The molecule has 2 aromatic carbocycles. The lowest BCUT2D eigenvalue weighted by Gasteiger charge is -2.17. The molecule has 2 aromatic rings. The van der Waals surface area contributed by atoms with Crippen LogP contribution in [0.4, 0.5) is 10.1 Å². The normalized spacial score (nSPS) is 13.0. The monoisotopic (exact) mass is 372 g/mol. The first-order valence-corrected chi connectivity index (χ1v) is 8.45. The second kappa shape index (κ2) is 6.13. The molecule has 4 nitrogen and oxygen atoms in total. The number of rotatable bonds is 4. The highest BCUT2D eigenvalue weighted by Crippen LogP contribution is 2.27. The Morgan fingerprint density at radius 2 is 1.81 bits per heavy atom. The molecular formula is C14H14BrFN2O2S. The van der Waals surface area contributed by atoms with Crippen LogP contribution in [0.15, 0.2) is 51.8 Å². The third-order valence-electron chi connectivity index (χ3n) is 3.01. The van der Waals surface area contributed by atoms with Gasteiger partial charge in [0.05, 0.1) is 4.90 Å². The van der Waals surface area contributed by atoms with Crippen molar-refractivity contribution in [1.82, 2.24) is 0 Å². The van der Waals surface area contributed by atoms with E-state index in [-0.39, 0.29) is 16.8 Å². The molecule has 0 heterocycles. The molecule has 1 unspecified atom stereocenters. The maximum Gasteiger partial charge on any atom is 0.238 e. The van der Waals surface area contributed by atoms with Gasteiger partial charge < -0.3 is 5.32 Å². The van der Waals surface area contributed by atoms with Gasteiger partial charge in [-0.25, -0.2) is 17.9 Å². The second-order valence-electron chi connectivity index (χ2n) is 4.60. The predicted octanol–water partition coefficient (Wildman–Crippen LogP) is 3.41. The number of nitrogens with one attached hydrogen (secondary N) is 1. The Labute approximate surface area is 131 Å². The Morgan fingerprint density at radius 1 is 1.19 bits per heavy atom. The zero-order valence-corrected chi connectivity index (χ0v) is 13.6. The van der Waals surface area contributed by atoms with Crippen LogP contribution in [-0.2, 0) is 10.0 Å². The molecule has 7 heteroatoms. The average Bonchev–Trinajstić information content (AvgIpc) is 2.41. The molecule has 0 aliphatic rings. The summed E-state index contributed by atoms with van der Waals surface area (Å²) < 4.78 is 36.1. The van der Waals surface area contributed by atoms with Crippen LogP contribution < -0.4 is 10.5 Å². The minimum absolute atomic E-state index is 0.0708. The van der Waals surface area contributed by atoms with Crippen molar-refractivity contribution in [1.29, 1.82) is 0 Å². The Balaban J connectivity index is 2.18. The minimum atomic E-state index is -3.69. The quantitative estimate of drug-likeness (QED) is 0.863. The van der Waals surface area contributed by atoms with Crippen molar-refractivity contribution >= 4 is 31.6 Å². The first-order chi connectivity index (χ1) is 9.77. The fourth-order valence-electron chi connectivity index (χ4n) is 1.87. The molecule has 21 heavy (non-hydrogen) atoms. The molecule has 0 spiro atoms. The van der Waals surface area contributed by atoms with Crippen molar-refractivity contribution in [2.24, 2.45) is 5.14 Å². The number of primary sulfonamides is 1. The first-order valence-electron chi connectivity index (χ1n) is 6.12. The molecule has 0 bridgehead atoms. The van der Waals surface area contributed by atoms with E-state index in [0.29, 0.717) is 4.47 Å². The zero-order chi connectivity index (χ0) is 15.6. The van der Waals surface area contributed by atoms with Crippen LogP contribution in [0.5, 0.6) is 0 Å². The number of sulfonamides is 1. The zero-order valence-electron chi connectivity index (χ0n) is 11.2. The summed E-state index contributed by atoms with van der Waals surface area (Å²) in [6, 6.07) is 10.6.